The van der Waals surface area contributed by atoms with Crippen LogP contribution in [-0.4, -0.2) is 49.6 Å². The van der Waals surface area contributed by atoms with Gasteiger partial charge >= 0.3 is 13.8 Å². The van der Waals surface area contributed by atoms with Gasteiger partial charge in [0.25, 0.3) is 0 Å². The molecule has 18 heavy (non-hydrogen) atoms. The molecule has 0 spiro atoms. The fraction of sp³-hybridized carbons (Fsp3) is 0.909. The molecule has 1 N–H and O–H groups in total. The Hall–Kier alpha value is -0.420. The van der Waals surface area contributed by atoms with Gasteiger partial charge in [-0.2, -0.15) is 0 Å². The minimum Gasteiger partial charge on any atom is -0.371 e. The molecule has 0 aliphatic heterocycles. The number of nitrogens with zero attached hydrogens (tertiary/aromatic N) is 1. The van der Waals surface area contributed by atoms with Gasteiger partial charge < -0.3 is 9.01 Å². The molecule has 0 aromatic carbocycles. The van der Waals surface area contributed by atoms with E-state index in [9.17, 15) is 14.3 Å². The van der Waals surface area contributed by atoms with Crippen molar-refractivity contribution in [1.29, 1.82) is 0 Å². The Bertz CT molecular complexity index is 300. The molecule has 0 radical (unpaired) electrons. The number of quaternary nitrogens is 1. The van der Waals surface area contributed by atoms with E-state index < -0.39 is 13.8 Å². The number of hydrogen-bond acceptors (Lipinski definition) is 4. The van der Waals surface area contributed by atoms with Crippen molar-refractivity contribution >= 4 is 13.8 Å². The molecule has 0 aromatic rings. The summed E-state index contributed by atoms with van der Waals surface area (Å²) in [7, 11) is 1.56. The number of unbranched alkanes of at least 4 members (excludes halogenated alkanes) is 2. The van der Waals surface area contributed by atoms with Crippen molar-refractivity contribution in [2.45, 2.75) is 32.6 Å². The first-order valence-electron chi connectivity index (χ1n) is 6.16. The molecule has 0 aromatic heterocycles. The number of likely N-dealkylation sites (N-methyl/N-ethyl adjacent to an activating group) is 1. The van der Waals surface area contributed by atoms with Crippen LogP contribution in [0.3, 0.4) is 0 Å². The molecule has 0 heterocycles. The Balaban J connectivity index is 3.92. The molecule has 1 unspecified atom stereocenters. The summed E-state index contributed by atoms with van der Waals surface area (Å²) in [5, 5.41) is 0. The van der Waals surface area contributed by atoms with Crippen LogP contribution in [0.1, 0.15) is 32.6 Å². The fourth-order valence-electron chi connectivity index (χ4n) is 1.15. The quantitative estimate of drug-likeness (QED) is 0.397. The summed E-state index contributed by atoms with van der Waals surface area (Å²) in [5.41, 5.74) is 0. The van der Waals surface area contributed by atoms with E-state index >= 15 is 0 Å². The smallest absolute Gasteiger partial charge is 0.371 e. The van der Waals surface area contributed by atoms with Crippen molar-refractivity contribution in [2.75, 3.05) is 34.3 Å². The van der Waals surface area contributed by atoms with E-state index in [0.717, 1.165) is 12.8 Å². The van der Waals surface area contributed by atoms with Crippen molar-refractivity contribution in [2.24, 2.45) is 0 Å². The summed E-state index contributed by atoms with van der Waals surface area (Å²) in [6.45, 7) is 2.63. The van der Waals surface area contributed by atoms with Gasteiger partial charge in [0, 0.05) is 6.42 Å². The van der Waals surface area contributed by atoms with Gasteiger partial charge in [0.15, 0.2) is 0 Å². The number of rotatable bonds is 9. The van der Waals surface area contributed by atoms with Crippen molar-refractivity contribution in [3.8, 4) is 0 Å². The Labute approximate surface area is 109 Å². The van der Waals surface area contributed by atoms with E-state index in [2.05, 4.69) is 4.52 Å². The average Bonchev–Trinajstić information content (AvgIpc) is 2.14. The Morgan fingerprint density at radius 2 is 1.89 bits per heavy atom. The van der Waals surface area contributed by atoms with Crippen LogP contribution in [0.15, 0.2) is 0 Å². The zero-order chi connectivity index (χ0) is 14.2. The molecule has 0 bridgehead atoms. The maximum atomic E-state index is 11.4. The first-order valence-corrected chi connectivity index (χ1v) is 7.66. The third-order valence-corrected chi connectivity index (χ3v) is 3.16. The van der Waals surface area contributed by atoms with Gasteiger partial charge in [-0.3, -0.25) is 14.2 Å². The lowest BCUT2D eigenvalue weighted by Gasteiger charge is -2.23. The van der Waals surface area contributed by atoms with Crippen molar-refractivity contribution in [1.82, 2.24) is 0 Å². The van der Waals surface area contributed by atoms with Gasteiger partial charge in [-0.25, -0.2) is 4.57 Å². The average molecular weight is 282 g/mol. The van der Waals surface area contributed by atoms with Crippen LogP contribution in [0.5, 0.6) is 0 Å². The summed E-state index contributed by atoms with van der Waals surface area (Å²) >= 11 is 0. The first kappa shape index (κ1) is 17.6. The van der Waals surface area contributed by atoms with Gasteiger partial charge in [0.1, 0.15) is 13.2 Å². The highest BCUT2D eigenvalue weighted by Crippen LogP contribution is 2.43. The highest BCUT2D eigenvalue weighted by molar-refractivity contribution is 7.48. The van der Waals surface area contributed by atoms with E-state index in [-0.39, 0.29) is 13.0 Å². The van der Waals surface area contributed by atoms with E-state index in [1.165, 1.54) is 0 Å². The second-order valence-electron chi connectivity index (χ2n) is 5.24. The maximum absolute atomic E-state index is 11.4. The molecule has 0 fully saturated rings. The Morgan fingerprint density at radius 3 is 2.39 bits per heavy atom. The second-order valence-corrected chi connectivity index (χ2v) is 6.61. The van der Waals surface area contributed by atoms with Gasteiger partial charge in [-0.1, -0.05) is 19.8 Å². The zero-order valence-corrected chi connectivity index (χ0v) is 12.6. The standard InChI is InChI=1S/C11H24NO5P/c1-5-6-7-8-11(13)17-18(14,15)16-10-9-12(2,3)4/h5-10H2,1-4H3/p+1. The SMILES string of the molecule is CCCCCC(=O)OP(=O)(O)OCC[N+](C)(C)C. The second kappa shape index (κ2) is 7.89. The molecule has 7 heteroatoms. The van der Waals surface area contributed by atoms with Crippen LogP contribution in [-0.2, 0) is 18.4 Å². The number of phosphoric acid groups is 1. The van der Waals surface area contributed by atoms with Crippen LogP contribution >= 0.6 is 7.82 Å². The molecule has 0 saturated carbocycles. The molecule has 1 atom stereocenters. The minimum absolute atomic E-state index is 0.0690. The largest absolute Gasteiger partial charge is 0.529 e. The summed E-state index contributed by atoms with van der Waals surface area (Å²) in [6, 6.07) is 0. The van der Waals surface area contributed by atoms with Crippen LogP contribution in [0, 0.1) is 0 Å². The number of phosphoric ester groups is 1. The summed E-state index contributed by atoms with van der Waals surface area (Å²) < 4.78 is 21.2. The molecule has 6 nitrogen and oxygen atoms in total. The number of carbonyl (C=O) groups excluding carboxylic acids is 1. The monoisotopic (exact) mass is 282 g/mol. The highest BCUT2D eigenvalue weighted by Gasteiger charge is 2.26. The lowest BCUT2D eigenvalue weighted by Crippen LogP contribution is -2.37. The molecular formula is C11H25NO5P+. The summed E-state index contributed by atoms with van der Waals surface area (Å²) in [4.78, 5) is 20.6. The van der Waals surface area contributed by atoms with Crippen LogP contribution in [0.2, 0.25) is 0 Å². The van der Waals surface area contributed by atoms with Crippen molar-refractivity contribution in [3.05, 3.63) is 0 Å². The lowest BCUT2D eigenvalue weighted by molar-refractivity contribution is -0.870. The van der Waals surface area contributed by atoms with E-state index in [4.69, 9.17) is 4.52 Å². The van der Waals surface area contributed by atoms with Gasteiger partial charge in [0.2, 0.25) is 0 Å². The van der Waals surface area contributed by atoms with Crippen LogP contribution in [0.4, 0.5) is 0 Å². The van der Waals surface area contributed by atoms with Gasteiger partial charge in [0.05, 0.1) is 21.1 Å². The van der Waals surface area contributed by atoms with E-state index in [1.807, 2.05) is 28.1 Å². The van der Waals surface area contributed by atoms with E-state index in [1.54, 1.807) is 0 Å². The van der Waals surface area contributed by atoms with Crippen molar-refractivity contribution < 1.29 is 27.8 Å². The van der Waals surface area contributed by atoms with Gasteiger partial charge in [-0.15, -0.1) is 0 Å². The summed E-state index contributed by atoms with van der Waals surface area (Å²) in [6.07, 6.45) is 2.68. The minimum atomic E-state index is -4.24. The fourth-order valence-corrected chi connectivity index (χ4v) is 1.86. The van der Waals surface area contributed by atoms with Crippen LogP contribution < -0.4 is 0 Å². The third kappa shape index (κ3) is 10.7. The van der Waals surface area contributed by atoms with E-state index in [0.29, 0.717) is 17.4 Å². The first-order chi connectivity index (χ1) is 8.16. The van der Waals surface area contributed by atoms with Crippen LogP contribution in [0.25, 0.3) is 0 Å². The topological polar surface area (TPSA) is 72.8 Å². The number of hydrogen-bond donors (Lipinski definition) is 1. The lowest BCUT2D eigenvalue weighted by atomic mass is 10.2. The number of carbonyl (C=O) groups is 1. The maximum Gasteiger partial charge on any atom is 0.529 e. The molecule has 0 aliphatic carbocycles. The third-order valence-electron chi connectivity index (χ3n) is 2.22. The zero-order valence-electron chi connectivity index (χ0n) is 11.7. The highest BCUT2D eigenvalue weighted by atomic mass is 31.2. The molecule has 108 valence electrons. The Morgan fingerprint density at radius 1 is 1.28 bits per heavy atom. The van der Waals surface area contributed by atoms with Gasteiger partial charge in [-0.05, 0) is 6.42 Å². The normalized spacial score (nSPS) is 15.2. The predicted octanol–water partition coefficient (Wildman–Crippen LogP) is 1.93. The molecular weight excluding hydrogens is 257 g/mol. The molecule has 0 aliphatic rings. The molecule has 0 saturated heterocycles. The predicted molar refractivity (Wildman–Crippen MR) is 68.9 cm³/mol. The molecule has 0 amide bonds. The molecule has 0 rings (SSSR count). The Kier molecular flexibility index (Phi) is 7.71. The summed E-state index contributed by atoms with van der Waals surface area (Å²) in [5.74, 6) is -0.681. The van der Waals surface area contributed by atoms with Crippen molar-refractivity contribution in [3.63, 3.8) is 0 Å².